The molecule has 2 aromatic rings. The zero-order valence-corrected chi connectivity index (χ0v) is 9.68. The summed E-state index contributed by atoms with van der Waals surface area (Å²) in [5.41, 5.74) is 2.02. The Hall–Kier alpha value is -2.10. The zero-order valence-electron chi connectivity index (χ0n) is 9.68. The van der Waals surface area contributed by atoms with Crippen molar-refractivity contribution in [1.29, 1.82) is 0 Å². The molecule has 0 bridgehead atoms. The van der Waals surface area contributed by atoms with Crippen LogP contribution in [0.25, 0.3) is 10.9 Å². The molecule has 1 aromatic carbocycles. The molecule has 0 aliphatic heterocycles. The molecule has 4 heteroatoms. The van der Waals surface area contributed by atoms with Crippen LogP contribution in [0.5, 0.6) is 0 Å². The van der Waals surface area contributed by atoms with Crippen LogP contribution in [0, 0.1) is 0 Å². The van der Waals surface area contributed by atoms with E-state index < -0.39 is 5.97 Å². The van der Waals surface area contributed by atoms with E-state index in [-0.39, 0.29) is 5.69 Å². The first-order valence-electron chi connectivity index (χ1n) is 5.43. The molecule has 0 saturated carbocycles. The molecule has 2 rings (SSSR count). The topological polar surface area (TPSA) is 55.1 Å². The van der Waals surface area contributed by atoms with Crippen molar-refractivity contribution in [3.05, 3.63) is 42.1 Å². The SMILES string of the molecule is C=C(C)CCn1nc(C(=O)O)c2ccccc21. The lowest BCUT2D eigenvalue weighted by Crippen LogP contribution is -2.03. The lowest BCUT2D eigenvalue weighted by molar-refractivity contribution is 0.0691. The van der Waals surface area contributed by atoms with Crippen LogP contribution in [0.2, 0.25) is 0 Å². The van der Waals surface area contributed by atoms with Gasteiger partial charge in [0, 0.05) is 11.9 Å². The molecule has 17 heavy (non-hydrogen) atoms. The number of benzene rings is 1. The molecule has 1 heterocycles. The monoisotopic (exact) mass is 230 g/mol. The number of carboxylic acid groups (broad SMARTS) is 1. The van der Waals surface area contributed by atoms with Crippen molar-refractivity contribution in [1.82, 2.24) is 9.78 Å². The summed E-state index contributed by atoms with van der Waals surface area (Å²) in [5.74, 6) is -0.990. The Balaban J connectivity index is 2.49. The number of fused-ring (bicyclic) bond motifs is 1. The van der Waals surface area contributed by atoms with Gasteiger partial charge in [-0.05, 0) is 19.4 Å². The van der Waals surface area contributed by atoms with Gasteiger partial charge in [-0.2, -0.15) is 5.10 Å². The molecule has 0 aliphatic carbocycles. The highest BCUT2D eigenvalue weighted by Gasteiger charge is 2.15. The Morgan fingerprint density at radius 3 is 2.82 bits per heavy atom. The Kier molecular flexibility index (Phi) is 2.95. The van der Waals surface area contributed by atoms with E-state index >= 15 is 0 Å². The van der Waals surface area contributed by atoms with Crippen LogP contribution in [0.1, 0.15) is 23.8 Å². The molecular formula is C13H14N2O2. The third kappa shape index (κ3) is 2.20. The smallest absolute Gasteiger partial charge is 0.357 e. The molecule has 88 valence electrons. The molecule has 0 radical (unpaired) electrons. The molecule has 4 nitrogen and oxygen atoms in total. The second-order valence-corrected chi connectivity index (χ2v) is 4.10. The van der Waals surface area contributed by atoms with Crippen molar-refractivity contribution in [2.45, 2.75) is 19.9 Å². The fraction of sp³-hybridized carbons (Fsp3) is 0.231. The molecular weight excluding hydrogens is 216 g/mol. The average Bonchev–Trinajstić information content (AvgIpc) is 2.65. The van der Waals surface area contributed by atoms with E-state index in [1.807, 2.05) is 25.1 Å². The van der Waals surface area contributed by atoms with E-state index in [0.29, 0.717) is 11.9 Å². The summed E-state index contributed by atoms with van der Waals surface area (Å²) in [6.07, 6.45) is 0.796. The number of hydrogen-bond acceptors (Lipinski definition) is 2. The van der Waals surface area contributed by atoms with Crippen LogP contribution in [-0.2, 0) is 6.54 Å². The van der Waals surface area contributed by atoms with E-state index in [2.05, 4.69) is 11.7 Å². The van der Waals surface area contributed by atoms with Gasteiger partial charge in [-0.25, -0.2) is 4.79 Å². The first kappa shape index (κ1) is 11.4. The molecule has 0 aliphatic rings. The molecule has 0 spiro atoms. The van der Waals surface area contributed by atoms with Gasteiger partial charge in [0.25, 0.3) is 0 Å². The number of allylic oxidation sites excluding steroid dienone is 1. The summed E-state index contributed by atoms with van der Waals surface area (Å²) < 4.78 is 1.73. The van der Waals surface area contributed by atoms with Crippen molar-refractivity contribution in [3.63, 3.8) is 0 Å². The summed E-state index contributed by atoms with van der Waals surface area (Å²) in [5, 5.41) is 13.9. The highest BCUT2D eigenvalue weighted by Crippen LogP contribution is 2.19. The largest absolute Gasteiger partial charge is 0.476 e. The highest BCUT2D eigenvalue weighted by molar-refractivity contribution is 6.01. The number of aromatic carboxylic acids is 1. The maximum Gasteiger partial charge on any atom is 0.357 e. The van der Waals surface area contributed by atoms with Gasteiger partial charge >= 0.3 is 5.97 Å². The lowest BCUT2D eigenvalue weighted by atomic mass is 10.2. The Morgan fingerprint density at radius 2 is 2.18 bits per heavy atom. The molecule has 0 amide bonds. The predicted octanol–water partition coefficient (Wildman–Crippen LogP) is 2.70. The second kappa shape index (κ2) is 4.41. The van der Waals surface area contributed by atoms with Crippen LogP contribution in [0.15, 0.2) is 36.4 Å². The summed E-state index contributed by atoms with van der Waals surface area (Å²) in [6.45, 7) is 6.44. The van der Waals surface area contributed by atoms with Crippen molar-refractivity contribution in [3.8, 4) is 0 Å². The Labute approximate surface area is 99.2 Å². The van der Waals surface area contributed by atoms with Gasteiger partial charge in [-0.1, -0.05) is 23.8 Å². The first-order chi connectivity index (χ1) is 8.09. The number of aromatic nitrogens is 2. The standard InChI is InChI=1S/C13H14N2O2/c1-9(2)7-8-15-11-6-4-3-5-10(11)12(14-15)13(16)17/h3-6H,1,7-8H2,2H3,(H,16,17). The lowest BCUT2D eigenvalue weighted by Gasteiger charge is -2.02. The van der Waals surface area contributed by atoms with E-state index in [1.165, 1.54) is 0 Å². The summed E-state index contributed by atoms with van der Waals surface area (Å²) >= 11 is 0. The number of para-hydroxylation sites is 1. The van der Waals surface area contributed by atoms with Gasteiger partial charge in [0.05, 0.1) is 5.52 Å². The van der Waals surface area contributed by atoms with Crippen molar-refractivity contribution in [2.24, 2.45) is 0 Å². The number of hydrogen-bond donors (Lipinski definition) is 1. The van der Waals surface area contributed by atoms with Crippen LogP contribution >= 0.6 is 0 Å². The minimum atomic E-state index is -0.990. The maximum absolute atomic E-state index is 11.1. The number of rotatable bonds is 4. The van der Waals surface area contributed by atoms with Gasteiger partial charge in [0.15, 0.2) is 5.69 Å². The van der Waals surface area contributed by atoms with Crippen molar-refractivity contribution in [2.75, 3.05) is 0 Å². The molecule has 1 N–H and O–H groups in total. The first-order valence-corrected chi connectivity index (χ1v) is 5.43. The molecule has 0 atom stereocenters. The highest BCUT2D eigenvalue weighted by atomic mass is 16.4. The van der Waals surface area contributed by atoms with E-state index in [4.69, 9.17) is 5.11 Å². The van der Waals surface area contributed by atoms with E-state index in [9.17, 15) is 4.79 Å². The zero-order chi connectivity index (χ0) is 12.4. The summed E-state index contributed by atoms with van der Waals surface area (Å²) in [7, 11) is 0. The molecule has 0 unspecified atom stereocenters. The minimum absolute atomic E-state index is 0.113. The second-order valence-electron chi connectivity index (χ2n) is 4.10. The average molecular weight is 230 g/mol. The fourth-order valence-corrected chi connectivity index (χ4v) is 1.75. The number of nitrogens with zero attached hydrogens (tertiary/aromatic N) is 2. The Morgan fingerprint density at radius 1 is 1.47 bits per heavy atom. The van der Waals surface area contributed by atoms with Crippen molar-refractivity contribution < 1.29 is 9.90 Å². The maximum atomic E-state index is 11.1. The van der Waals surface area contributed by atoms with Gasteiger partial charge in [0.1, 0.15) is 0 Å². The number of carbonyl (C=O) groups is 1. The van der Waals surface area contributed by atoms with Gasteiger partial charge in [0.2, 0.25) is 0 Å². The Bertz CT molecular complexity index is 584. The minimum Gasteiger partial charge on any atom is -0.476 e. The van der Waals surface area contributed by atoms with E-state index in [0.717, 1.165) is 17.5 Å². The predicted molar refractivity (Wildman–Crippen MR) is 66.1 cm³/mol. The molecule has 0 fully saturated rings. The van der Waals surface area contributed by atoms with Crippen molar-refractivity contribution >= 4 is 16.9 Å². The summed E-state index contributed by atoms with van der Waals surface area (Å²) in [6, 6.07) is 7.36. The molecule has 0 saturated heterocycles. The van der Waals surface area contributed by atoms with E-state index in [1.54, 1.807) is 10.7 Å². The van der Waals surface area contributed by atoms with Crippen LogP contribution < -0.4 is 0 Å². The summed E-state index contributed by atoms with van der Waals surface area (Å²) in [4.78, 5) is 11.1. The number of aryl methyl sites for hydroxylation is 1. The number of carboxylic acids is 1. The van der Waals surface area contributed by atoms with Crippen LogP contribution in [0.3, 0.4) is 0 Å². The molecule has 1 aromatic heterocycles. The normalized spacial score (nSPS) is 10.6. The van der Waals surface area contributed by atoms with Gasteiger partial charge in [-0.3, -0.25) is 4.68 Å². The van der Waals surface area contributed by atoms with Crippen LogP contribution in [0.4, 0.5) is 0 Å². The van der Waals surface area contributed by atoms with Crippen LogP contribution in [-0.4, -0.2) is 20.9 Å². The quantitative estimate of drug-likeness (QED) is 0.821. The third-order valence-electron chi connectivity index (χ3n) is 2.61. The third-order valence-corrected chi connectivity index (χ3v) is 2.61. The van der Waals surface area contributed by atoms with Gasteiger partial charge < -0.3 is 5.11 Å². The fourth-order valence-electron chi connectivity index (χ4n) is 1.75. The van der Waals surface area contributed by atoms with Gasteiger partial charge in [-0.15, -0.1) is 6.58 Å².